The molecule has 0 radical (unpaired) electrons. The second kappa shape index (κ2) is 10.5. The lowest BCUT2D eigenvalue weighted by Gasteiger charge is -2.11. The number of aliphatic carboxylic acids is 1. The van der Waals surface area contributed by atoms with Crippen molar-refractivity contribution in [1.29, 1.82) is 0 Å². The summed E-state index contributed by atoms with van der Waals surface area (Å²) in [4.78, 5) is 10.7. The van der Waals surface area contributed by atoms with E-state index in [4.69, 9.17) is 20.1 Å². The number of rotatable bonds is 10. The molecule has 0 atom stereocenters. The fourth-order valence-electron chi connectivity index (χ4n) is 2.74. The summed E-state index contributed by atoms with van der Waals surface area (Å²) < 4.78 is 5.86. The third-order valence-electron chi connectivity index (χ3n) is 4.16. The number of hydrogen-bond acceptors (Lipinski definition) is 4. The fourth-order valence-corrected chi connectivity index (χ4v) is 2.74. The lowest BCUT2D eigenvalue weighted by molar-refractivity contribution is -0.136. The van der Waals surface area contributed by atoms with E-state index in [1.54, 1.807) is 24.3 Å². The van der Waals surface area contributed by atoms with Crippen LogP contribution in [0.15, 0.2) is 54.6 Å². The first kappa shape index (κ1) is 20.7. The second-order valence-electron chi connectivity index (χ2n) is 6.34. The van der Waals surface area contributed by atoms with Gasteiger partial charge in [-0.25, -0.2) is 0 Å². The lowest BCUT2D eigenvalue weighted by atomic mass is 9.99. The van der Waals surface area contributed by atoms with Crippen LogP contribution in [-0.2, 0) is 11.4 Å². The molecule has 0 unspecified atom stereocenters. The minimum Gasteiger partial charge on any atom is -0.489 e. The third kappa shape index (κ3) is 6.89. The molecular formula is C22H26O5. The molecule has 0 amide bonds. The van der Waals surface area contributed by atoms with Gasteiger partial charge in [-0.05, 0) is 41.7 Å². The van der Waals surface area contributed by atoms with Gasteiger partial charge in [0, 0.05) is 12.0 Å². The molecule has 0 aliphatic heterocycles. The quantitative estimate of drug-likeness (QED) is 0.543. The maximum Gasteiger partial charge on any atom is 0.303 e. The SMILES string of the molecule is CCCC(=CCCC(=O)O)c1cccc(OCc2ccc(C(O)O)cc2)c1. The van der Waals surface area contributed by atoms with Crippen molar-refractivity contribution in [3.63, 3.8) is 0 Å². The summed E-state index contributed by atoms with van der Waals surface area (Å²) in [6, 6.07) is 14.7. The van der Waals surface area contributed by atoms with Gasteiger partial charge in [-0.3, -0.25) is 4.79 Å². The van der Waals surface area contributed by atoms with Crippen LogP contribution in [0.2, 0.25) is 0 Å². The maximum atomic E-state index is 10.7. The van der Waals surface area contributed by atoms with E-state index in [-0.39, 0.29) is 6.42 Å². The summed E-state index contributed by atoms with van der Waals surface area (Å²) in [6.07, 6.45) is 3.03. The summed E-state index contributed by atoms with van der Waals surface area (Å²) in [5.74, 6) is -0.0575. The van der Waals surface area contributed by atoms with Crippen molar-refractivity contribution in [3.05, 3.63) is 71.3 Å². The van der Waals surface area contributed by atoms with Crippen LogP contribution < -0.4 is 4.74 Å². The van der Waals surface area contributed by atoms with Crippen molar-refractivity contribution < 1.29 is 24.9 Å². The van der Waals surface area contributed by atoms with Gasteiger partial charge in [0.1, 0.15) is 12.4 Å². The van der Waals surface area contributed by atoms with Crippen LogP contribution in [0, 0.1) is 0 Å². The summed E-state index contributed by atoms with van der Waals surface area (Å²) in [7, 11) is 0. The Balaban J connectivity index is 2.05. The Labute approximate surface area is 159 Å². The van der Waals surface area contributed by atoms with Crippen molar-refractivity contribution in [2.24, 2.45) is 0 Å². The number of benzene rings is 2. The number of aliphatic hydroxyl groups is 2. The molecular weight excluding hydrogens is 344 g/mol. The molecule has 2 rings (SSSR count). The lowest BCUT2D eigenvalue weighted by Crippen LogP contribution is -1.98. The van der Waals surface area contributed by atoms with Crippen molar-refractivity contribution in [2.75, 3.05) is 0 Å². The molecule has 0 spiro atoms. The average Bonchev–Trinajstić information content (AvgIpc) is 2.66. The zero-order valence-corrected chi connectivity index (χ0v) is 15.5. The van der Waals surface area contributed by atoms with Gasteiger partial charge in [0.25, 0.3) is 0 Å². The van der Waals surface area contributed by atoms with Gasteiger partial charge in [0.05, 0.1) is 0 Å². The second-order valence-corrected chi connectivity index (χ2v) is 6.34. The van der Waals surface area contributed by atoms with Gasteiger partial charge < -0.3 is 20.1 Å². The Morgan fingerprint density at radius 3 is 2.48 bits per heavy atom. The Kier molecular flexibility index (Phi) is 8.04. The van der Waals surface area contributed by atoms with Crippen LogP contribution in [0.4, 0.5) is 0 Å². The molecule has 0 heterocycles. The Bertz CT molecular complexity index is 763. The van der Waals surface area contributed by atoms with Crippen LogP contribution in [0.5, 0.6) is 5.75 Å². The van der Waals surface area contributed by atoms with Crippen LogP contribution in [0.25, 0.3) is 5.57 Å². The smallest absolute Gasteiger partial charge is 0.303 e. The van der Waals surface area contributed by atoms with Crippen molar-refractivity contribution >= 4 is 11.5 Å². The van der Waals surface area contributed by atoms with E-state index >= 15 is 0 Å². The minimum atomic E-state index is -1.47. The Hall–Kier alpha value is -2.63. The van der Waals surface area contributed by atoms with Gasteiger partial charge in [0.2, 0.25) is 0 Å². The van der Waals surface area contributed by atoms with Gasteiger partial charge in [-0.1, -0.05) is 55.8 Å². The number of allylic oxidation sites excluding steroid dienone is 2. The van der Waals surface area contributed by atoms with Crippen LogP contribution in [-0.4, -0.2) is 21.3 Å². The zero-order valence-electron chi connectivity index (χ0n) is 15.5. The predicted octanol–water partition coefficient (Wildman–Crippen LogP) is 4.30. The van der Waals surface area contributed by atoms with Crippen LogP contribution in [0.3, 0.4) is 0 Å². The van der Waals surface area contributed by atoms with E-state index in [0.29, 0.717) is 18.6 Å². The number of hydrogen-bond donors (Lipinski definition) is 3. The summed E-state index contributed by atoms with van der Waals surface area (Å²) in [6.45, 7) is 2.47. The van der Waals surface area contributed by atoms with Crippen LogP contribution in [0.1, 0.15) is 55.6 Å². The molecule has 0 aliphatic carbocycles. The van der Waals surface area contributed by atoms with E-state index in [9.17, 15) is 4.79 Å². The van der Waals surface area contributed by atoms with Crippen LogP contribution >= 0.6 is 0 Å². The summed E-state index contributed by atoms with van der Waals surface area (Å²) in [5, 5.41) is 27.1. The number of carboxylic acid groups (broad SMARTS) is 1. The minimum absolute atomic E-state index is 0.127. The highest BCUT2D eigenvalue weighted by atomic mass is 16.5. The van der Waals surface area contributed by atoms with Crippen molar-refractivity contribution in [3.8, 4) is 5.75 Å². The van der Waals surface area contributed by atoms with E-state index in [2.05, 4.69) is 6.92 Å². The van der Waals surface area contributed by atoms with Crippen molar-refractivity contribution in [2.45, 2.75) is 45.5 Å². The molecule has 0 saturated carbocycles. The Morgan fingerprint density at radius 1 is 1.11 bits per heavy atom. The molecule has 144 valence electrons. The highest BCUT2D eigenvalue weighted by molar-refractivity contribution is 5.69. The first-order chi connectivity index (χ1) is 13.0. The van der Waals surface area contributed by atoms with E-state index in [1.807, 2.05) is 30.3 Å². The third-order valence-corrected chi connectivity index (χ3v) is 4.16. The van der Waals surface area contributed by atoms with E-state index in [1.165, 1.54) is 0 Å². The zero-order chi connectivity index (χ0) is 19.6. The number of carbonyl (C=O) groups is 1. The first-order valence-electron chi connectivity index (χ1n) is 9.08. The molecule has 5 heteroatoms. The molecule has 5 nitrogen and oxygen atoms in total. The number of ether oxygens (including phenoxy) is 1. The molecule has 2 aromatic rings. The normalized spacial score (nSPS) is 11.6. The Morgan fingerprint density at radius 2 is 1.85 bits per heavy atom. The van der Waals surface area contributed by atoms with Gasteiger partial charge in [0.15, 0.2) is 6.29 Å². The first-order valence-corrected chi connectivity index (χ1v) is 9.08. The molecule has 0 fully saturated rings. The molecule has 27 heavy (non-hydrogen) atoms. The molecule has 0 aromatic heterocycles. The molecule has 0 bridgehead atoms. The summed E-state index contributed by atoms with van der Waals surface area (Å²) >= 11 is 0. The molecule has 3 N–H and O–H groups in total. The topological polar surface area (TPSA) is 87.0 Å². The standard InChI is InChI=1S/C22H26O5/c1-2-5-17(6-4-9-21(23)24)19-7-3-8-20(14-19)27-15-16-10-12-18(13-11-16)22(25)26/h3,6-8,10-14,22,25-26H,2,4-5,9,15H2,1H3,(H,23,24). The molecule has 0 aliphatic rings. The monoisotopic (exact) mass is 370 g/mol. The van der Waals surface area contributed by atoms with Gasteiger partial charge in [-0.2, -0.15) is 0 Å². The predicted molar refractivity (Wildman–Crippen MR) is 104 cm³/mol. The van der Waals surface area contributed by atoms with E-state index in [0.717, 1.165) is 35.3 Å². The van der Waals surface area contributed by atoms with Crippen molar-refractivity contribution in [1.82, 2.24) is 0 Å². The highest BCUT2D eigenvalue weighted by Crippen LogP contribution is 2.25. The molecule has 0 saturated heterocycles. The number of carboxylic acids is 1. The number of aliphatic hydroxyl groups excluding tert-OH is 1. The highest BCUT2D eigenvalue weighted by Gasteiger charge is 2.05. The molecule has 2 aromatic carbocycles. The van der Waals surface area contributed by atoms with Gasteiger partial charge in [-0.15, -0.1) is 0 Å². The maximum absolute atomic E-state index is 10.7. The fraction of sp³-hybridized carbons (Fsp3) is 0.318. The van der Waals surface area contributed by atoms with E-state index < -0.39 is 12.3 Å². The average molecular weight is 370 g/mol. The van der Waals surface area contributed by atoms with Gasteiger partial charge >= 0.3 is 5.97 Å². The largest absolute Gasteiger partial charge is 0.489 e. The summed E-state index contributed by atoms with van der Waals surface area (Å²) in [5.41, 5.74) is 3.54.